The van der Waals surface area contributed by atoms with Crippen LogP contribution in [0.4, 0.5) is 0 Å². The van der Waals surface area contributed by atoms with Crippen LogP contribution in [0.15, 0.2) is 9.31 Å². The molecule has 1 N–H and O–H groups in total. The Labute approximate surface area is 122 Å². The molecule has 1 aromatic rings. The van der Waals surface area contributed by atoms with E-state index >= 15 is 0 Å². The van der Waals surface area contributed by atoms with Crippen LogP contribution in [-0.2, 0) is 19.6 Å². The van der Waals surface area contributed by atoms with Gasteiger partial charge in [0.15, 0.2) is 0 Å². The van der Waals surface area contributed by atoms with Gasteiger partial charge < -0.3 is 14.3 Å². The zero-order chi connectivity index (χ0) is 16.4. The summed E-state index contributed by atoms with van der Waals surface area (Å²) in [4.78, 5) is 22.0. The number of sulfonamides is 1. The molecule has 21 heavy (non-hydrogen) atoms. The highest BCUT2D eigenvalue weighted by Gasteiger charge is 2.34. The summed E-state index contributed by atoms with van der Waals surface area (Å²) >= 11 is 0. The molecule has 0 spiro atoms. The monoisotopic (exact) mass is 319 g/mol. The maximum Gasteiger partial charge on any atom is 0.342 e. The highest BCUT2D eigenvalue weighted by atomic mass is 32.2. The van der Waals surface area contributed by atoms with Gasteiger partial charge in [0.05, 0.1) is 13.5 Å². The van der Waals surface area contributed by atoms with E-state index in [0.717, 1.165) is 11.4 Å². The number of hydrogen-bond donors (Lipinski definition) is 1. The maximum absolute atomic E-state index is 12.5. The molecule has 0 unspecified atom stereocenters. The largest absolute Gasteiger partial charge is 0.481 e. The zero-order valence-corrected chi connectivity index (χ0v) is 13.0. The molecule has 9 heteroatoms. The summed E-state index contributed by atoms with van der Waals surface area (Å²) in [6, 6.07) is 0. The van der Waals surface area contributed by atoms with E-state index in [1.165, 1.54) is 20.9 Å². The Morgan fingerprint density at radius 2 is 1.86 bits per heavy atom. The van der Waals surface area contributed by atoms with Crippen molar-refractivity contribution in [1.82, 2.24) is 4.31 Å². The van der Waals surface area contributed by atoms with Crippen LogP contribution in [0.3, 0.4) is 0 Å². The molecule has 0 saturated heterocycles. The summed E-state index contributed by atoms with van der Waals surface area (Å²) in [6.45, 7) is 2.65. The number of aryl methyl sites for hydroxylation is 2. The van der Waals surface area contributed by atoms with Gasteiger partial charge in [-0.05, 0) is 13.8 Å². The first-order valence-electron chi connectivity index (χ1n) is 5.99. The van der Waals surface area contributed by atoms with Crippen LogP contribution >= 0.6 is 0 Å². The van der Waals surface area contributed by atoms with E-state index in [9.17, 15) is 18.0 Å². The fraction of sp³-hybridized carbons (Fsp3) is 0.500. The Kier molecular flexibility index (Phi) is 5.13. The molecule has 0 aliphatic rings. The molecule has 0 aliphatic carbocycles. The van der Waals surface area contributed by atoms with Gasteiger partial charge in [-0.15, -0.1) is 0 Å². The average molecular weight is 319 g/mol. The van der Waals surface area contributed by atoms with Crippen molar-refractivity contribution in [2.75, 3.05) is 20.7 Å². The van der Waals surface area contributed by atoms with Crippen LogP contribution in [0.25, 0.3) is 0 Å². The van der Waals surface area contributed by atoms with E-state index < -0.39 is 22.0 Å². The lowest BCUT2D eigenvalue weighted by atomic mass is 10.2. The number of carbonyl (C=O) groups is 2. The first-order chi connectivity index (χ1) is 9.62. The molecule has 0 aromatic carbocycles. The van der Waals surface area contributed by atoms with Crippen LogP contribution in [0.5, 0.6) is 0 Å². The maximum atomic E-state index is 12.5. The second kappa shape index (κ2) is 6.27. The summed E-state index contributed by atoms with van der Waals surface area (Å²) in [6.07, 6.45) is -0.348. The molecule has 0 atom stereocenters. The number of ether oxygens (including phenoxy) is 1. The van der Waals surface area contributed by atoms with Gasteiger partial charge in [0.1, 0.15) is 22.0 Å². The number of carboxylic acids is 1. The van der Waals surface area contributed by atoms with Crippen molar-refractivity contribution in [3.8, 4) is 0 Å². The molecule has 0 amide bonds. The third-order valence-corrected chi connectivity index (χ3v) is 4.91. The minimum Gasteiger partial charge on any atom is -0.481 e. The van der Waals surface area contributed by atoms with E-state index in [0.29, 0.717) is 0 Å². The molecule has 0 aliphatic heterocycles. The molecule has 1 aromatic heterocycles. The second-order valence-corrected chi connectivity index (χ2v) is 6.36. The van der Waals surface area contributed by atoms with Gasteiger partial charge in [0.25, 0.3) is 0 Å². The lowest BCUT2D eigenvalue weighted by Gasteiger charge is -2.16. The van der Waals surface area contributed by atoms with Crippen LogP contribution in [0.2, 0.25) is 0 Å². The van der Waals surface area contributed by atoms with E-state index in [4.69, 9.17) is 9.52 Å². The number of rotatable bonds is 6. The fourth-order valence-electron chi connectivity index (χ4n) is 1.84. The van der Waals surface area contributed by atoms with E-state index in [1.54, 1.807) is 0 Å². The zero-order valence-electron chi connectivity index (χ0n) is 12.2. The van der Waals surface area contributed by atoms with Gasteiger partial charge in [-0.2, -0.15) is 0 Å². The number of furan rings is 1. The Bertz CT molecular complexity index is 659. The molecule has 0 fully saturated rings. The normalized spacial score (nSPS) is 11.7. The molecular weight excluding hydrogens is 302 g/mol. The highest BCUT2D eigenvalue weighted by molar-refractivity contribution is 7.89. The fourth-order valence-corrected chi connectivity index (χ4v) is 3.37. The van der Waals surface area contributed by atoms with Gasteiger partial charge in [-0.25, -0.2) is 17.5 Å². The Balaban J connectivity index is 3.31. The Morgan fingerprint density at radius 3 is 2.33 bits per heavy atom. The van der Waals surface area contributed by atoms with Crippen LogP contribution in [0, 0.1) is 13.8 Å². The lowest BCUT2D eigenvalue weighted by molar-refractivity contribution is -0.137. The van der Waals surface area contributed by atoms with Crippen LogP contribution < -0.4 is 0 Å². The molecule has 118 valence electrons. The SMILES string of the molecule is COC(=O)c1c(C)oc(C)c1S(=O)(=O)N(C)CCC(=O)O. The van der Waals surface area contributed by atoms with Gasteiger partial charge in [-0.3, -0.25) is 4.79 Å². The molecule has 0 radical (unpaired) electrons. The summed E-state index contributed by atoms with van der Waals surface area (Å²) in [5, 5.41) is 8.62. The van der Waals surface area contributed by atoms with E-state index in [2.05, 4.69) is 4.74 Å². The van der Waals surface area contributed by atoms with Crippen LogP contribution in [0.1, 0.15) is 28.3 Å². The smallest absolute Gasteiger partial charge is 0.342 e. The van der Waals surface area contributed by atoms with E-state index in [-0.39, 0.29) is 34.9 Å². The van der Waals surface area contributed by atoms with Gasteiger partial charge in [0.2, 0.25) is 10.0 Å². The second-order valence-electron chi connectivity index (χ2n) is 4.38. The average Bonchev–Trinajstić information content (AvgIpc) is 2.70. The molecule has 8 nitrogen and oxygen atoms in total. The van der Waals surface area contributed by atoms with Crippen molar-refractivity contribution in [2.45, 2.75) is 25.2 Å². The standard InChI is InChI=1S/C12H17NO7S/c1-7-10(12(16)19-4)11(8(2)20-7)21(17,18)13(3)6-5-9(14)15/h5-6H2,1-4H3,(H,14,15). The van der Waals surface area contributed by atoms with Gasteiger partial charge in [0, 0.05) is 13.6 Å². The minimum atomic E-state index is -4.05. The number of nitrogens with zero attached hydrogens (tertiary/aromatic N) is 1. The van der Waals surface area contributed by atoms with Crippen LogP contribution in [-0.4, -0.2) is 50.5 Å². The summed E-state index contributed by atoms with van der Waals surface area (Å²) in [5.41, 5.74) is -0.169. The first-order valence-corrected chi connectivity index (χ1v) is 7.43. The van der Waals surface area contributed by atoms with Crippen molar-refractivity contribution < 1.29 is 32.3 Å². The quantitative estimate of drug-likeness (QED) is 0.770. The molecular formula is C12H17NO7S. The van der Waals surface area contributed by atoms with Crippen molar-refractivity contribution in [2.24, 2.45) is 0 Å². The Morgan fingerprint density at radius 1 is 1.29 bits per heavy atom. The van der Waals surface area contributed by atoms with E-state index in [1.807, 2.05) is 0 Å². The third kappa shape index (κ3) is 3.42. The number of aliphatic carboxylic acids is 1. The molecule has 0 saturated carbocycles. The highest BCUT2D eigenvalue weighted by Crippen LogP contribution is 2.29. The van der Waals surface area contributed by atoms with Crippen molar-refractivity contribution in [1.29, 1.82) is 0 Å². The topological polar surface area (TPSA) is 114 Å². The number of hydrogen-bond acceptors (Lipinski definition) is 6. The predicted octanol–water partition coefficient (Wildman–Crippen LogP) is 0.778. The lowest BCUT2D eigenvalue weighted by Crippen LogP contribution is -2.30. The number of carbonyl (C=O) groups excluding carboxylic acids is 1. The predicted molar refractivity (Wildman–Crippen MR) is 71.6 cm³/mol. The van der Waals surface area contributed by atoms with Gasteiger partial charge >= 0.3 is 11.9 Å². The van der Waals surface area contributed by atoms with Crippen molar-refractivity contribution in [3.63, 3.8) is 0 Å². The first kappa shape index (κ1) is 17.2. The number of carboxylic acid groups (broad SMARTS) is 1. The third-order valence-electron chi connectivity index (χ3n) is 2.90. The van der Waals surface area contributed by atoms with Crippen molar-refractivity contribution in [3.05, 3.63) is 17.1 Å². The summed E-state index contributed by atoms with van der Waals surface area (Å²) < 4.78 is 35.6. The summed E-state index contributed by atoms with van der Waals surface area (Å²) in [7, 11) is -1.68. The molecule has 1 rings (SSSR count). The molecule has 1 heterocycles. The molecule has 0 bridgehead atoms. The van der Waals surface area contributed by atoms with Crippen molar-refractivity contribution >= 4 is 22.0 Å². The minimum absolute atomic E-state index is 0.0510. The number of methoxy groups -OCH3 is 1. The summed E-state index contributed by atoms with van der Waals surface area (Å²) in [5.74, 6) is -1.76. The van der Waals surface area contributed by atoms with Gasteiger partial charge in [-0.1, -0.05) is 0 Å². The Hall–Kier alpha value is -1.87. The number of esters is 1.